The number of thioether (sulfide) groups is 1. The first kappa shape index (κ1) is 19.2. The fraction of sp³-hybridized carbons (Fsp3) is 0.435. The minimum atomic E-state index is -0.0923. The molecule has 1 N–H and O–H groups in total. The van der Waals surface area contributed by atoms with Crippen LogP contribution in [0.1, 0.15) is 55.5 Å². The van der Waals surface area contributed by atoms with Gasteiger partial charge in [-0.05, 0) is 37.0 Å². The molecule has 1 aliphatic carbocycles. The number of pyridine rings is 1. The third kappa shape index (κ3) is 4.82. The number of hydrogen-bond donors (Lipinski definition) is 1. The lowest BCUT2D eigenvalue weighted by atomic mass is 9.93. The number of rotatable bonds is 5. The number of nitrogens with one attached hydrogen (secondary N) is 1. The average Bonchev–Trinajstić information content (AvgIpc) is 2.94. The van der Waals surface area contributed by atoms with Crippen molar-refractivity contribution in [1.82, 2.24) is 15.0 Å². The van der Waals surface area contributed by atoms with Gasteiger partial charge in [0.05, 0.1) is 5.52 Å². The van der Waals surface area contributed by atoms with Crippen LogP contribution in [-0.2, 0) is 12.2 Å². The van der Waals surface area contributed by atoms with Crippen LogP contribution < -0.4 is 5.56 Å². The Morgan fingerprint density at radius 2 is 1.86 bits per heavy atom. The van der Waals surface area contributed by atoms with Crippen LogP contribution >= 0.6 is 11.8 Å². The second-order valence-corrected chi connectivity index (χ2v) is 8.79. The lowest BCUT2D eigenvalue weighted by molar-refractivity contribution is 0.453. The first-order chi connectivity index (χ1) is 13.7. The molecule has 1 saturated carbocycles. The van der Waals surface area contributed by atoms with Crippen molar-refractivity contribution >= 4 is 22.7 Å². The van der Waals surface area contributed by atoms with Crippen molar-refractivity contribution in [2.24, 2.45) is 5.92 Å². The minimum Gasteiger partial charge on any atom is -0.301 e. The van der Waals surface area contributed by atoms with E-state index < -0.39 is 0 Å². The number of aromatic nitrogens is 3. The molecule has 0 radical (unpaired) electrons. The number of benzene rings is 1. The summed E-state index contributed by atoms with van der Waals surface area (Å²) in [5.41, 5.74) is 4.21. The number of hydrogen-bond acceptors (Lipinski definition) is 4. The molecule has 1 aliphatic rings. The summed E-state index contributed by atoms with van der Waals surface area (Å²) >= 11 is 1.58. The van der Waals surface area contributed by atoms with E-state index >= 15 is 0 Å². The van der Waals surface area contributed by atoms with Crippen LogP contribution in [-0.4, -0.2) is 15.0 Å². The van der Waals surface area contributed by atoms with Gasteiger partial charge in [-0.25, -0.2) is 4.98 Å². The predicted octanol–water partition coefficient (Wildman–Crippen LogP) is 5.43. The van der Waals surface area contributed by atoms with Gasteiger partial charge in [0.25, 0.3) is 5.56 Å². The summed E-state index contributed by atoms with van der Waals surface area (Å²) in [6.07, 6.45) is 9.11. The topological polar surface area (TPSA) is 58.6 Å². The van der Waals surface area contributed by atoms with Crippen molar-refractivity contribution in [2.75, 3.05) is 0 Å². The molecule has 0 unspecified atom stereocenters. The Hall–Kier alpha value is -2.14. The highest BCUT2D eigenvalue weighted by molar-refractivity contribution is 7.98. The van der Waals surface area contributed by atoms with Crippen LogP contribution in [0.2, 0.25) is 0 Å². The number of aromatic amines is 1. The van der Waals surface area contributed by atoms with Gasteiger partial charge in [-0.15, -0.1) is 0 Å². The Bertz CT molecular complexity index is 1010. The Morgan fingerprint density at radius 3 is 2.64 bits per heavy atom. The molecule has 4 rings (SSSR count). The van der Waals surface area contributed by atoms with E-state index in [1.807, 2.05) is 6.92 Å². The summed E-state index contributed by atoms with van der Waals surface area (Å²) in [4.78, 5) is 24.1. The predicted molar refractivity (Wildman–Crippen MR) is 116 cm³/mol. The van der Waals surface area contributed by atoms with Crippen LogP contribution in [0.4, 0.5) is 0 Å². The normalized spacial score (nSPS) is 15.6. The molecule has 3 aromatic rings. The van der Waals surface area contributed by atoms with E-state index in [0.717, 1.165) is 29.3 Å². The maximum Gasteiger partial charge on any atom is 0.251 e. The van der Waals surface area contributed by atoms with E-state index in [1.165, 1.54) is 61.2 Å². The molecule has 0 spiro atoms. The molecule has 28 heavy (non-hydrogen) atoms. The lowest BCUT2D eigenvalue weighted by Crippen LogP contribution is -2.09. The summed E-state index contributed by atoms with van der Waals surface area (Å²) < 4.78 is 0. The fourth-order valence-corrected chi connectivity index (χ4v) is 5.03. The van der Waals surface area contributed by atoms with Gasteiger partial charge in [-0.1, -0.05) is 68.5 Å². The Balaban J connectivity index is 1.61. The quantitative estimate of drug-likeness (QED) is 0.357. The molecule has 1 aromatic carbocycles. The molecule has 2 aromatic heterocycles. The van der Waals surface area contributed by atoms with Crippen molar-refractivity contribution in [1.29, 1.82) is 0 Å². The summed E-state index contributed by atoms with van der Waals surface area (Å²) in [5.74, 6) is 1.50. The summed E-state index contributed by atoms with van der Waals surface area (Å²) in [7, 11) is 0. The van der Waals surface area contributed by atoms with Crippen molar-refractivity contribution < 1.29 is 0 Å². The van der Waals surface area contributed by atoms with Crippen molar-refractivity contribution in [3.63, 3.8) is 0 Å². The molecule has 0 bridgehead atoms. The molecule has 1 fully saturated rings. The van der Waals surface area contributed by atoms with Gasteiger partial charge in [0, 0.05) is 28.6 Å². The molecule has 5 heteroatoms. The highest BCUT2D eigenvalue weighted by Gasteiger charge is 2.17. The van der Waals surface area contributed by atoms with E-state index in [4.69, 9.17) is 4.98 Å². The summed E-state index contributed by atoms with van der Waals surface area (Å²) in [5, 5.41) is 1.85. The van der Waals surface area contributed by atoms with Gasteiger partial charge in [-0.3, -0.25) is 9.78 Å². The van der Waals surface area contributed by atoms with Crippen LogP contribution in [0, 0.1) is 12.8 Å². The van der Waals surface area contributed by atoms with Crippen molar-refractivity contribution in [3.05, 3.63) is 63.7 Å². The number of aryl methyl sites for hydroxylation is 1. The first-order valence-electron chi connectivity index (χ1n) is 10.3. The molecular formula is C23H27N3OS. The lowest BCUT2D eigenvalue weighted by Gasteiger charge is -2.17. The van der Waals surface area contributed by atoms with Gasteiger partial charge in [-0.2, -0.15) is 0 Å². The molecule has 0 aliphatic heterocycles. The standard InChI is InChI=1S/C23H27N3OS/c1-16-12-22(27)26-23(24-16)28-15-19-14-18-10-6-7-11-20(18)25-21(19)13-17-8-4-2-3-5-9-17/h6-7,10-12,14,17H,2-5,8-9,13,15H2,1H3,(H,24,26,27). The summed E-state index contributed by atoms with van der Waals surface area (Å²) in [6.45, 7) is 1.86. The maximum absolute atomic E-state index is 11.7. The van der Waals surface area contributed by atoms with Crippen molar-refractivity contribution in [3.8, 4) is 0 Å². The molecule has 0 atom stereocenters. The molecule has 0 saturated heterocycles. The first-order valence-corrected chi connectivity index (χ1v) is 11.2. The van der Waals surface area contributed by atoms with E-state index in [-0.39, 0.29) is 5.56 Å². The zero-order valence-corrected chi connectivity index (χ0v) is 17.2. The number of nitrogens with zero attached hydrogens (tertiary/aromatic N) is 2. The van der Waals surface area contributed by atoms with E-state index in [1.54, 1.807) is 11.8 Å². The van der Waals surface area contributed by atoms with Crippen LogP contribution in [0.5, 0.6) is 0 Å². The van der Waals surface area contributed by atoms with E-state index in [2.05, 4.69) is 40.3 Å². The third-order valence-corrected chi connectivity index (χ3v) is 6.48. The van der Waals surface area contributed by atoms with Crippen LogP contribution in [0.25, 0.3) is 10.9 Å². The van der Waals surface area contributed by atoms with Crippen LogP contribution in [0.15, 0.2) is 46.3 Å². The molecule has 4 nitrogen and oxygen atoms in total. The van der Waals surface area contributed by atoms with E-state index in [9.17, 15) is 4.79 Å². The molecular weight excluding hydrogens is 366 g/mol. The second-order valence-electron chi connectivity index (χ2n) is 7.83. The Kier molecular flexibility index (Phi) is 6.10. The monoisotopic (exact) mass is 393 g/mol. The number of H-pyrrole nitrogens is 1. The Labute approximate surface area is 170 Å². The minimum absolute atomic E-state index is 0.0923. The largest absolute Gasteiger partial charge is 0.301 e. The number of fused-ring (bicyclic) bond motifs is 1. The fourth-order valence-electron chi connectivity index (χ4n) is 4.11. The highest BCUT2D eigenvalue weighted by atomic mass is 32.2. The third-order valence-electron chi connectivity index (χ3n) is 5.56. The van der Waals surface area contributed by atoms with Gasteiger partial charge < -0.3 is 4.98 Å². The van der Waals surface area contributed by atoms with Crippen LogP contribution in [0.3, 0.4) is 0 Å². The highest BCUT2D eigenvalue weighted by Crippen LogP contribution is 2.30. The molecule has 0 amide bonds. The van der Waals surface area contributed by atoms with Gasteiger partial charge in [0.2, 0.25) is 0 Å². The molecule has 146 valence electrons. The Morgan fingerprint density at radius 1 is 1.07 bits per heavy atom. The SMILES string of the molecule is Cc1cc(=O)[nH]c(SCc2cc3ccccc3nc2CC2CCCCCC2)n1. The summed E-state index contributed by atoms with van der Waals surface area (Å²) in [6, 6.07) is 12.1. The maximum atomic E-state index is 11.7. The number of para-hydroxylation sites is 1. The second kappa shape index (κ2) is 8.91. The van der Waals surface area contributed by atoms with E-state index in [0.29, 0.717) is 5.16 Å². The van der Waals surface area contributed by atoms with Crippen molar-refractivity contribution in [2.45, 2.75) is 62.8 Å². The molecule has 2 heterocycles. The zero-order chi connectivity index (χ0) is 19.3. The van der Waals surface area contributed by atoms with Gasteiger partial charge >= 0.3 is 0 Å². The smallest absolute Gasteiger partial charge is 0.251 e. The van der Waals surface area contributed by atoms with Gasteiger partial charge in [0.1, 0.15) is 0 Å². The average molecular weight is 394 g/mol. The van der Waals surface area contributed by atoms with Gasteiger partial charge in [0.15, 0.2) is 5.16 Å². The zero-order valence-electron chi connectivity index (χ0n) is 16.4.